The van der Waals surface area contributed by atoms with Gasteiger partial charge in [-0.05, 0) is 36.6 Å². The van der Waals surface area contributed by atoms with Gasteiger partial charge in [0.15, 0.2) is 0 Å². The third-order valence-corrected chi connectivity index (χ3v) is 4.98. The van der Waals surface area contributed by atoms with Crippen LogP contribution in [0.15, 0.2) is 41.2 Å². The first-order valence-electron chi connectivity index (χ1n) is 8.07. The largest absolute Gasteiger partial charge is 0.472 e. The molecule has 0 bridgehead atoms. The van der Waals surface area contributed by atoms with Crippen molar-refractivity contribution in [2.45, 2.75) is 19.4 Å². The molecule has 0 saturated carbocycles. The topological polar surface area (TPSA) is 62.6 Å². The van der Waals surface area contributed by atoms with Gasteiger partial charge in [-0.3, -0.25) is 9.59 Å². The highest BCUT2D eigenvalue weighted by molar-refractivity contribution is 6.35. The smallest absolute Gasteiger partial charge is 0.257 e. The average molecular weight is 381 g/mol. The molecule has 132 valence electrons. The number of piperidine rings is 1. The van der Waals surface area contributed by atoms with Gasteiger partial charge in [0.1, 0.15) is 6.26 Å². The number of nitrogens with one attached hydrogen (secondary N) is 1. The molecule has 0 atom stereocenters. The van der Waals surface area contributed by atoms with Crippen molar-refractivity contribution in [2.75, 3.05) is 13.1 Å². The van der Waals surface area contributed by atoms with E-state index in [2.05, 4.69) is 5.32 Å². The maximum Gasteiger partial charge on any atom is 0.257 e. The molecule has 7 heteroatoms. The first kappa shape index (κ1) is 17.8. The van der Waals surface area contributed by atoms with Crippen LogP contribution in [0.3, 0.4) is 0 Å². The highest BCUT2D eigenvalue weighted by Gasteiger charge is 2.28. The molecule has 1 aliphatic rings. The Morgan fingerprint density at radius 3 is 2.60 bits per heavy atom. The predicted molar refractivity (Wildman–Crippen MR) is 95.6 cm³/mol. The van der Waals surface area contributed by atoms with E-state index in [0.717, 1.165) is 5.56 Å². The lowest BCUT2D eigenvalue weighted by molar-refractivity contribution is -0.126. The van der Waals surface area contributed by atoms with Crippen LogP contribution in [0, 0.1) is 5.92 Å². The Morgan fingerprint density at radius 2 is 1.96 bits per heavy atom. The lowest BCUT2D eigenvalue weighted by Crippen LogP contribution is -2.42. The second-order valence-corrected chi connectivity index (χ2v) is 6.88. The molecule has 0 radical (unpaired) electrons. The number of hydrogen-bond donors (Lipinski definition) is 1. The summed E-state index contributed by atoms with van der Waals surface area (Å²) in [7, 11) is 0. The highest BCUT2D eigenvalue weighted by Crippen LogP contribution is 2.22. The Balaban J connectivity index is 1.49. The van der Waals surface area contributed by atoms with Gasteiger partial charge in [-0.15, -0.1) is 0 Å². The number of benzene rings is 1. The van der Waals surface area contributed by atoms with E-state index in [-0.39, 0.29) is 17.7 Å². The fourth-order valence-electron chi connectivity index (χ4n) is 2.91. The molecule has 0 unspecified atom stereocenters. The number of amides is 2. The molecule has 1 aliphatic heterocycles. The Hall–Kier alpha value is -1.98. The van der Waals surface area contributed by atoms with Crippen molar-refractivity contribution in [2.24, 2.45) is 5.92 Å². The van der Waals surface area contributed by atoms with Crippen LogP contribution in [0.2, 0.25) is 10.0 Å². The fraction of sp³-hybridized carbons (Fsp3) is 0.333. The Labute approximate surface area is 155 Å². The lowest BCUT2D eigenvalue weighted by atomic mass is 9.95. The number of furan rings is 1. The van der Waals surface area contributed by atoms with Gasteiger partial charge in [0, 0.05) is 35.6 Å². The van der Waals surface area contributed by atoms with Gasteiger partial charge < -0.3 is 14.6 Å². The first-order valence-corrected chi connectivity index (χ1v) is 8.83. The fourth-order valence-corrected chi connectivity index (χ4v) is 3.38. The summed E-state index contributed by atoms with van der Waals surface area (Å²) in [4.78, 5) is 26.4. The Morgan fingerprint density at radius 1 is 1.20 bits per heavy atom. The van der Waals surface area contributed by atoms with Crippen LogP contribution < -0.4 is 5.32 Å². The Bertz CT molecular complexity index is 754. The quantitative estimate of drug-likeness (QED) is 0.878. The number of nitrogens with zero attached hydrogens (tertiary/aromatic N) is 1. The summed E-state index contributed by atoms with van der Waals surface area (Å²) in [5.41, 5.74) is 1.37. The van der Waals surface area contributed by atoms with Gasteiger partial charge in [-0.2, -0.15) is 0 Å². The third kappa shape index (κ3) is 4.35. The number of carbonyl (C=O) groups is 2. The molecule has 2 heterocycles. The number of halogens is 2. The van der Waals surface area contributed by atoms with E-state index in [9.17, 15) is 9.59 Å². The highest BCUT2D eigenvalue weighted by atomic mass is 35.5. The zero-order valence-corrected chi connectivity index (χ0v) is 15.0. The van der Waals surface area contributed by atoms with Crippen LogP contribution >= 0.6 is 23.2 Å². The van der Waals surface area contributed by atoms with E-state index >= 15 is 0 Å². The maximum atomic E-state index is 12.4. The van der Waals surface area contributed by atoms with Crippen LogP contribution in [0.5, 0.6) is 0 Å². The summed E-state index contributed by atoms with van der Waals surface area (Å²) in [5.74, 6) is -0.165. The molecule has 25 heavy (non-hydrogen) atoms. The lowest BCUT2D eigenvalue weighted by Gasteiger charge is -2.31. The van der Waals surface area contributed by atoms with E-state index in [4.69, 9.17) is 27.6 Å². The molecule has 2 amide bonds. The van der Waals surface area contributed by atoms with Crippen molar-refractivity contribution in [3.05, 3.63) is 58.0 Å². The third-order valence-electron chi connectivity index (χ3n) is 4.39. The molecular weight excluding hydrogens is 363 g/mol. The van der Waals surface area contributed by atoms with E-state index in [0.29, 0.717) is 48.1 Å². The molecule has 1 aromatic heterocycles. The monoisotopic (exact) mass is 380 g/mol. The molecule has 1 saturated heterocycles. The summed E-state index contributed by atoms with van der Waals surface area (Å²) in [5, 5.41) is 4.02. The van der Waals surface area contributed by atoms with Crippen LogP contribution in [-0.4, -0.2) is 29.8 Å². The minimum atomic E-state index is -0.0977. The zero-order chi connectivity index (χ0) is 17.8. The first-order chi connectivity index (χ1) is 12.0. The minimum Gasteiger partial charge on any atom is -0.472 e. The van der Waals surface area contributed by atoms with Gasteiger partial charge in [-0.25, -0.2) is 0 Å². The van der Waals surface area contributed by atoms with Crippen LogP contribution in [0.1, 0.15) is 28.8 Å². The van der Waals surface area contributed by atoms with Crippen molar-refractivity contribution in [1.29, 1.82) is 0 Å². The number of rotatable bonds is 4. The van der Waals surface area contributed by atoms with Gasteiger partial charge >= 0.3 is 0 Å². The normalized spacial score (nSPS) is 15.2. The summed E-state index contributed by atoms with van der Waals surface area (Å²) >= 11 is 12.0. The van der Waals surface area contributed by atoms with Crippen molar-refractivity contribution in [3.63, 3.8) is 0 Å². The van der Waals surface area contributed by atoms with Crippen molar-refractivity contribution >= 4 is 35.0 Å². The zero-order valence-electron chi connectivity index (χ0n) is 13.5. The summed E-state index contributed by atoms with van der Waals surface area (Å²) in [6.45, 7) is 1.48. The van der Waals surface area contributed by atoms with E-state index < -0.39 is 0 Å². The van der Waals surface area contributed by atoms with Gasteiger partial charge in [0.2, 0.25) is 5.91 Å². The molecule has 1 N–H and O–H groups in total. The van der Waals surface area contributed by atoms with Crippen molar-refractivity contribution in [1.82, 2.24) is 10.2 Å². The maximum absolute atomic E-state index is 12.4. The summed E-state index contributed by atoms with van der Waals surface area (Å²) < 4.78 is 4.95. The predicted octanol–water partition coefficient (Wildman–Crippen LogP) is 3.76. The molecule has 3 rings (SSSR count). The van der Waals surface area contributed by atoms with E-state index in [1.807, 2.05) is 0 Å². The second kappa shape index (κ2) is 7.93. The molecule has 1 fully saturated rings. The van der Waals surface area contributed by atoms with Gasteiger partial charge in [0.25, 0.3) is 5.91 Å². The van der Waals surface area contributed by atoms with Crippen LogP contribution in [-0.2, 0) is 11.3 Å². The molecule has 1 aromatic carbocycles. The minimum absolute atomic E-state index is 0.0126. The van der Waals surface area contributed by atoms with Crippen molar-refractivity contribution < 1.29 is 14.0 Å². The molecule has 0 spiro atoms. The van der Waals surface area contributed by atoms with Crippen LogP contribution in [0.25, 0.3) is 0 Å². The van der Waals surface area contributed by atoms with Crippen molar-refractivity contribution in [3.8, 4) is 0 Å². The standard InChI is InChI=1S/C18H18Cl2N2O3/c19-15-2-1-13(16(20)9-15)10-21-17(23)12-3-6-22(7-4-12)18(24)14-5-8-25-11-14/h1-2,5,8-9,11-12H,3-4,6-7,10H2,(H,21,23). The molecule has 5 nitrogen and oxygen atoms in total. The molecule has 0 aliphatic carbocycles. The number of hydrogen-bond acceptors (Lipinski definition) is 3. The molecular formula is C18H18Cl2N2O3. The summed E-state index contributed by atoms with van der Waals surface area (Å²) in [6.07, 6.45) is 4.21. The van der Waals surface area contributed by atoms with E-state index in [1.165, 1.54) is 12.5 Å². The van der Waals surface area contributed by atoms with Crippen LogP contribution in [0.4, 0.5) is 0 Å². The average Bonchev–Trinajstić information content (AvgIpc) is 3.15. The van der Waals surface area contributed by atoms with E-state index in [1.54, 1.807) is 29.2 Å². The SMILES string of the molecule is O=C(NCc1ccc(Cl)cc1Cl)C1CCN(C(=O)c2ccoc2)CC1. The van der Waals surface area contributed by atoms with Gasteiger partial charge in [0.05, 0.1) is 11.8 Å². The summed E-state index contributed by atoms with van der Waals surface area (Å²) in [6, 6.07) is 6.85. The number of carbonyl (C=O) groups excluding carboxylic acids is 2. The van der Waals surface area contributed by atoms with Gasteiger partial charge in [-0.1, -0.05) is 29.3 Å². The Kier molecular flexibility index (Phi) is 5.66. The second-order valence-electron chi connectivity index (χ2n) is 6.03. The molecule has 2 aromatic rings. The number of likely N-dealkylation sites (tertiary alicyclic amines) is 1.